The van der Waals surface area contributed by atoms with E-state index in [-0.39, 0.29) is 5.82 Å². The molecule has 2 N–H and O–H groups in total. The lowest BCUT2D eigenvalue weighted by Gasteiger charge is -2.14. The first-order chi connectivity index (χ1) is 11.6. The number of nitrogens with zero attached hydrogens (tertiary/aromatic N) is 4. The van der Waals surface area contributed by atoms with Crippen molar-refractivity contribution < 1.29 is 0 Å². The summed E-state index contributed by atoms with van der Waals surface area (Å²) in [5.41, 5.74) is 8.57. The Labute approximate surface area is 139 Å². The Morgan fingerprint density at radius 1 is 1.17 bits per heavy atom. The zero-order valence-electron chi connectivity index (χ0n) is 13.6. The second-order valence-electron chi connectivity index (χ2n) is 6.31. The zero-order valence-corrected chi connectivity index (χ0v) is 13.6. The summed E-state index contributed by atoms with van der Waals surface area (Å²) in [6.45, 7) is 1.87. The SMILES string of the molecule is Cc1ncccc1-n1c(=O)nc(N)c2ccc(C3CCCC3)nc21. The third-order valence-corrected chi connectivity index (χ3v) is 4.79. The van der Waals surface area contributed by atoms with Crippen LogP contribution < -0.4 is 11.4 Å². The summed E-state index contributed by atoms with van der Waals surface area (Å²) in [5.74, 6) is 0.681. The molecule has 3 aromatic rings. The van der Waals surface area contributed by atoms with Crippen molar-refractivity contribution in [1.29, 1.82) is 0 Å². The molecule has 6 heteroatoms. The minimum absolute atomic E-state index is 0.221. The summed E-state index contributed by atoms with van der Waals surface area (Å²) >= 11 is 0. The number of nitrogens with two attached hydrogens (primary N) is 1. The molecule has 24 heavy (non-hydrogen) atoms. The van der Waals surface area contributed by atoms with Crippen LogP contribution in [0.4, 0.5) is 5.82 Å². The van der Waals surface area contributed by atoms with Gasteiger partial charge in [0.2, 0.25) is 0 Å². The van der Waals surface area contributed by atoms with E-state index in [4.69, 9.17) is 10.7 Å². The summed E-state index contributed by atoms with van der Waals surface area (Å²) in [4.78, 5) is 25.6. The van der Waals surface area contributed by atoms with Gasteiger partial charge in [0.15, 0.2) is 5.65 Å². The van der Waals surface area contributed by atoms with Crippen LogP contribution in [0.1, 0.15) is 43.0 Å². The second kappa shape index (κ2) is 5.70. The van der Waals surface area contributed by atoms with Crippen LogP contribution in [0, 0.1) is 6.92 Å². The molecule has 4 rings (SSSR count). The number of nitrogen functional groups attached to an aromatic ring is 1. The third kappa shape index (κ3) is 2.35. The highest BCUT2D eigenvalue weighted by Crippen LogP contribution is 2.34. The fraction of sp³-hybridized carbons (Fsp3) is 0.333. The second-order valence-corrected chi connectivity index (χ2v) is 6.31. The molecule has 1 saturated carbocycles. The predicted molar refractivity (Wildman–Crippen MR) is 93.3 cm³/mol. The molecule has 3 aromatic heterocycles. The molecule has 0 aliphatic heterocycles. The fourth-order valence-corrected chi connectivity index (χ4v) is 3.52. The Balaban J connectivity index is 2.02. The molecule has 3 heterocycles. The van der Waals surface area contributed by atoms with Gasteiger partial charge in [-0.15, -0.1) is 0 Å². The highest BCUT2D eigenvalue weighted by Gasteiger charge is 2.20. The summed E-state index contributed by atoms with van der Waals surface area (Å²) in [5, 5.41) is 0.694. The molecule has 0 unspecified atom stereocenters. The summed E-state index contributed by atoms with van der Waals surface area (Å²) in [7, 11) is 0. The smallest absolute Gasteiger partial charge is 0.355 e. The van der Waals surface area contributed by atoms with E-state index in [1.165, 1.54) is 17.4 Å². The van der Waals surface area contributed by atoms with Crippen LogP contribution in [0.2, 0.25) is 0 Å². The molecule has 0 aromatic carbocycles. The van der Waals surface area contributed by atoms with Gasteiger partial charge in [-0.05, 0) is 44.0 Å². The average Bonchev–Trinajstić information content (AvgIpc) is 3.10. The Kier molecular flexibility index (Phi) is 3.52. The van der Waals surface area contributed by atoms with Crippen LogP contribution in [0.15, 0.2) is 35.3 Å². The molecule has 6 nitrogen and oxygen atoms in total. The molecule has 1 aliphatic rings. The number of hydrogen-bond donors (Lipinski definition) is 1. The number of aryl methyl sites for hydroxylation is 1. The van der Waals surface area contributed by atoms with Gasteiger partial charge in [-0.25, -0.2) is 14.3 Å². The highest BCUT2D eigenvalue weighted by atomic mass is 16.1. The van der Waals surface area contributed by atoms with Crippen LogP contribution in [-0.4, -0.2) is 19.5 Å². The lowest BCUT2D eigenvalue weighted by molar-refractivity contribution is 0.698. The number of anilines is 1. The van der Waals surface area contributed by atoms with Gasteiger partial charge in [-0.2, -0.15) is 4.98 Å². The summed E-state index contributed by atoms with van der Waals surface area (Å²) in [6, 6.07) is 7.60. The zero-order chi connectivity index (χ0) is 16.7. The van der Waals surface area contributed by atoms with Gasteiger partial charge in [-0.1, -0.05) is 12.8 Å². The van der Waals surface area contributed by atoms with Crippen molar-refractivity contribution in [3.63, 3.8) is 0 Å². The number of fused-ring (bicyclic) bond motifs is 1. The predicted octanol–water partition coefficient (Wildman–Crippen LogP) is 2.72. The van der Waals surface area contributed by atoms with Crippen LogP contribution in [0.25, 0.3) is 16.7 Å². The van der Waals surface area contributed by atoms with Crippen molar-refractivity contribution in [1.82, 2.24) is 19.5 Å². The summed E-state index contributed by atoms with van der Waals surface area (Å²) in [6.07, 6.45) is 6.47. The van der Waals surface area contributed by atoms with Crippen molar-refractivity contribution in [2.75, 3.05) is 5.73 Å². The van der Waals surface area contributed by atoms with Crippen molar-refractivity contribution >= 4 is 16.9 Å². The van der Waals surface area contributed by atoms with Gasteiger partial charge in [0, 0.05) is 17.8 Å². The highest BCUT2D eigenvalue weighted by molar-refractivity contribution is 5.86. The van der Waals surface area contributed by atoms with Crippen molar-refractivity contribution in [2.45, 2.75) is 38.5 Å². The van der Waals surface area contributed by atoms with Crippen molar-refractivity contribution in [2.24, 2.45) is 0 Å². The standard InChI is InChI=1S/C18H19N5O/c1-11-15(7-4-10-20-11)23-17-13(16(19)22-18(23)24)8-9-14(21-17)12-5-2-3-6-12/h4,7-10,12H,2-3,5-6H2,1H3,(H2,19,22,24). The van der Waals surface area contributed by atoms with Gasteiger partial charge in [-0.3, -0.25) is 4.98 Å². The minimum atomic E-state index is -0.424. The first kappa shape index (κ1) is 14.8. The van der Waals surface area contributed by atoms with Crippen LogP contribution in [0.3, 0.4) is 0 Å². The Morgan fingerprint density at radius 3 is 2.71 bits per heavy atom. The van der Waals surface area contributed by atoms with E-state index in [0.717, 1.165) is 24.2 Å². The lowest BCUT2D eigenvalue weighted by Crippen LogP contribution is -2.25. The van der Waals surface area contributed by atoms with Gasteiger partial charge >= 0.3 is 5.69 Å². The van der Waals surface area contributed by atoms with Crippen LogP contribution in [0.5, 0.6) is 0 Å². The molecule has 0 amide bonds. The molecular weight excluding hydrogens is 302 g/mol. The molecule has 0 saturated heterocycles. The van der Waals surface area contributed by atoms with E-state index in [1.807, 2.05) is 25.1 Å². The molecular formula is C18H19N5O. The number of aromatic nitrogens is 4. The molecule has 0 spiro atoms. The lowest BCUT2D eigenvalue weighted by atomic mass is 10.0. The Bertz CT molecular complexity index is 973. The molecule has 0 radical (unpaired) electrons. The average molecular weight is 321 g/mol. The van der Waals surface area contributed by atoms with Crippen molar-refractivity contribution in [3.05, 3.63) is 52.3 Å². The largest absolute Gasteiger partial charge is 0.383 e. The van der Waals surface area contributed by atoms with E-state index in [9.17, 15) is 4.79 Å². The van der Waals surface area contributed by atoms with E-state index in [0.29, 0.717) is 22.6 Å². The first-order valence-electron chi connectivity index (χ1n) is 8.26. The topological polar surface area (TPSA) is 86.7 Å². The quantitative estimate of drug-likeness (QED) is 0.784. The van der Waals surface area contributed by atoms with Gasteiger partial charge in [0.1, 0.15) is 5.82 Å². The number of hydrogen-bond acceptors (Lipinski definition) is 5. The number of rotatable bonds is 2. The normalized spacial score (nSPS) is 15.2. The maximum Gasteiger partial charge on any atom is 0.355 e. The maximum atomic E-state index is 12.5. The van der Waals surface area contributed by atoms with Crippen LogP contribution in [-0.2, 0) is 0 Å². The van der Waals surface area contributed by atoms with Gasteiger partial charge in [0.05, 0.1) is 16.8 Å². The first-order valence-corrected chi connectivity index (χ1v) is 8.26. The van der Waals surface area contributed by atoms with Crippen molar-refractivity contribution in [3.8, 4) is 5.69 Å². The fourth-order valence-electron chi connectivity index (χ4n) is 3.52. The van der Waals surface area contributed by atoms with E-state index < -0.39 is 5.69 Å². The monoisotopic (exact) mass is 321 g/mol. The Hall–Kier alpha value is -2.76. The minimum Gasteiger partial charge on any atom is -0.383 e. The van der Waals surface area contributed by atoms with E-state index in [1.54, 1.807) is 12.3 Å². The Morgan fingerprint density at radius 2 is 1.96 bits per heavy atom. The third-order valence-electron chi connectivity index (χ3n) is 4.79. The molecule has 0 atom stereocenters. The van der Waals surface area contributed by atoms with Gasteiger partial charge in [0.25, 0.3) is 0 Å². The van der Waals surface area contributed by atoms with Crippen LogP contribution >= 0.6 is 0 Å². The maximum absolute atomic E-state index is 12.5. The summed E-state index contributed by atoms with van der Waals surface area (Å²) < 4.78 is 1.52. The van der Waals surface area contributed by atoms with Gasteiger partial charge < -0.3 is 5.73 Å². The molecule has 0 bridgehead atoms. The van der Waals surface area contributed by atoms with E-state index in [2.05, 4.69) is 9.97 Å². The molecule has 1 fully saturated rings. The molecule has 122 valence electrons. The number of pyridine rings is 2. The molecule has 1 aliphatic carbocycles. The van der Waals surface area contributed by atoms with E-state index >= 15 is 0 Å².